The largest absolute Gasteiger partial charge is 0.366 e. The summed E-state index contributed by atoms with van der Waals surface area (Å²) in [5, 5.41) is 15.4. The maximum Gasteiger partial charge on any atom is 0.257 e. The van der Waals surface area contributed by atoms with E-state index in [0.717, 1.165) is 17.6 Å². The predicted molar refractivity (Wildman–Crippen MR) is 119 cm³/mol. The van der Waals surface area contributed by atoms with Crippen LogP contribution in [0.2, 0.25) is 0 Å². The average Bonchev–Trinajstić information content (AvgIpc) is 3.46. The number of imidazole rings is 1. The second-order valence-corrected chi connectivity index (χ2v) is 8.60. The molecule has 1 unspecified atom stereocenters. The summed E-state index contributed by atoms with van der Waals surface area (Å²) in [4.78, 5) is 19.7. The van der Waals surface area contributed by atoms with E-state index in [4.69, 9.17) is 0 Å². The van der Waals surface area contributed by atoms with Crippen molar-refractivity contribution in [1.82, 2.24) is 24.9 Å². The van der Waals surface area contributed by atoms with Crippen molar-refractivity contribution in [2.45, 2.75) is 25.4 Å². The zero-order chi connectivity index (χ0) is 22.0. The molecule has 1 saturated carbocycles. The molecule has 162 valence electrons. The van der Waals surface area contributed by atoms with Crippen LogP contribution >= 0.6 is 0 Å². The van der Waals surface area contributed by atoms with Crippen LogP contribution in [0.15, 0.2) is 42.9 Å². The van der Waals surface area contributed by atoms with Gasteiger partial charge >= 0.3 is 0 Å². The number of aryl methyl sites for hydroxylation is 1. The number of nitrogens with zero attached hydrogens (tertiary/aromatic N) is 5. The minimum Gasteiger partial charge on any atom is -0.366 e. The smallest absolute Gasteiger partial charge is 0.257 e. The SMILES string of the molecule is CNC1[C@@H]2C[C@H]1N(c1ccc(C(=O)Nc3cc(F)c4nc(C)cn4c3)c3nnccc13)C2. The summed E-state index contributed by atoms with van der Waals surface area (Å²) in [6.45, 7) is 2.78. The molecule has 4 aromatic rings. The normalized spacial score (nSPS) is 21.8. The molecule has 3 atom stereocenters. The van der Waals surface area contributed by atoms with Crippen LogP contribution in [0.25, 0.3) is 16.6 Å². The Morgan fingerprint density at radius 2 is 2.12 bits per heavy atom. The third-order valence-electron chi connectivity index (χ3n) is 6.73. The van der Waals surface area contributed by atoms with Gasteiger partial charge in [-0.2, -0.15) is 5.10 Å². The van der Waals surface area contributed by atoms with Crippen LogP contribution in [0.1, 0.15) is 22.5 Å². The van der Waals surface area contributed by atoms with Gasteiger partial charge in [-0.25, -0.2) is 9.37 Å². The van der Waals surface area contributed by atoms with Gasteiger partial charge in [0, 0.05) is 48.2 Å². The molecule has 2 bridgehead atoms. The summed E-state index contributed by atoms with van der Waals surface area (Å²) in [6.07, 6.45) is 6.18. The first-order valence-electron chi connectivity index (χ1n) is 10.7. The van der Waals surface area contributed by atoms with Gasteiger partial charge < -0.3 is 19.9 Å². The quantitative estimate of drug-likeness (QED) is 0.517. The number of fused-ring (bicyclic) bond motifs is 3. The van der Waals surface area contributed by atoms with E-state index in [9.17, 15) is 9.18 Å². The Morgan fingerprint density at radius 3 is 2.94 bits per heavy atom. The molecule has 2 aliphatic heterocycles. The first-order valence-corrected chi connectivity index (χ1v) is 10.7. The molecule has 0 spiro atoms. The number of aromatic nitrogens is 4. The topological polar surface area (TPSA) is 87.5 Å². The maximum atomic E-state index is 14.4. The van der Waals surface area contributed by atoms with Gasteiger partial charge in [0.05, 0.1) is 23.1 Å². The number of pyridine rings is 1. The molecular weight excluding hydrogens is 409 g/mol. The van der Waals surface area contributed by atoms with Crippen molar-refractivity contribution >= 4 is 33.8 Å². The molecule has 0 radical (unpaired) electrons. The third-order valence-corrected chi connectivity index (χ3v) is 6.73. The van der Waals surface area contributed by atoms with Crippen LogP contribution < -0.4 is 15.5 Å². The van der Waals surface area contributed by atoms with Crippen molar-refractivity contribution in [2.24, 2.45) is 5.92 Å². The molecule has 3 aliphatic rings. The van der Waals surface area contributed by atoms with E-state index >= 15 is 0 Å². The van der Waals surface area contributed by atoms with Crippen LogP contribution in [0.5, 0.6) is 0 Å². The lowest BCUT2D eigenvalue weighted by Gasteiger charge is -2.37. The van der Waals surface area contributed by atoms with Crippen LogP contribution in [0.3, 0.4) is 0 Å². The minimum absolute atomic E-state index is 0.227. The van der Waals surface area contributed by atoms with Gasteiger partial charge in [-0.3, -0.25) is 4.79 Å². The highest BCUT2D eigenvalue weighted by Gasteiger charge is 2.51. The van der Waals surface area contributed by atoms with Crippen molar-refractivity contribution in [3.8, 4) is 0 Å². The van der Waals surface area contributed by atoms with E-state index in [2.05, 4.69) is 30.7 Å². The van der Waals surface area contributed by atoms with Crippen molar-refractivity contribution in [2.75, 3.05) is 23.8 Å². The second kappa shape index (κ2) is 6.96. The van der Waals surface area contributed by atoms with Gasteiger partial charge in [0.25, 0.3) is 5.91 Å². The molecule has 3 aromatic heterocycles. The Bertz CT molecular complexity index is 1380. The van der Waals surface area contributed by atoms with E-state index in [1.807, 2.05) is 19.2 Å². The lowest BCUT2D eigenvalue weighted by Crippen LogP contribution is -2.51. The minimum atomic E-state index is -0.497. The zero-order valence-electron chi connectivity index (χ0n) is 17.7. The third kappa shape index (κ3) is 2.77. The number of halogens is 1. The Hall–Kier alpha value is -3.59. The van der Waals surface area contributed by atoms with Gasteiger partial charge in [0.15, 0.2) is 11.5 Å². The monoisotopic (exact) mass is 431 g/mol. The molecule has 5 heterocycles. The number of amides is 1. The number of carbonyl (C=O) groups is 1. The number of rotatable bonds is 4. The van der Waals surface area contributed by atoms with E-state index in [-0.39, 0.29) is 11.6 Å². The van der Waals surface area contributed by atoms with Crippen molar-refractivity contribution in [1.29, 1.82) is 0 Å². The van der Waals surface area contributed by atoms with E-state index in [1.54, 1.807) is 36.0 Å². The maximum absolute atomic E-state index is 14.4. The number of likely N-dealkylation sites (N-methyl/N-ethyl adjacent to an activating group) is 1. The van der Waals surface area contributed by atoms with Crippen LogP contribution in [0.4, 0.5) is 15.8 Å². The summed E-state index contributed by atoms with van der Waals surface area (Å²) < 4.78 is 16.0. The number of anilines is 2. The van der Waals surface area contributed by atoms with E-state index < -0.39 is 5.82 Å². The molecule has 3 fully saturated rings. The number of carbonyl (C=O) groups excluding carboxylic acids is 1. The Balaban J connectivity index is 1.35. The summed E-state index contributed by atoms with van der Waals surface area (Å²) >= 11 is 0. The van der Waals surface area contributed by atoms with Crippen LogP contribution in [0, 0.1) is 18.7 Å². The molecule has 1 amide bonds. The molecule has 1 aliphatic carbocycles. The number of hydrogen-bond acceptors (Lipinski definition) is 6. The van der Waals surface area contributed by atoms with Gasteiger partial charge in [-0.15, -0.1) is 5.10 Å². The fourth-order valence-electron chi connectivity index (χ4n) is 5.27. The molecule has 8 nitrogen and oxygen atoms in total. The first kappa shape index (κ1) is 19.1. The van der Waals surface area contributed by atoms with Crippen LogP contribution in [-0.4, -0.2) is 51.2 Å². The highest BCUT2D eigenvalue weighted by atomic mass is 19.1. The highest BCUT2D eigenvalue weighted by Crippen LogP contribution is 2.45. The van der Waals surface area contributed by atoms with Gasteiger partial charge in [-0.05, 0) is 44.5 Å². The van der Waals surface area contributed by atoms with Gasteiger partial charge in [-0.1, -0.05) is 0 Å². The molecule has 7 rings (SSSR count). The number of nitrogens with one attached hydrogen (secondary N) is 2. The predicted octanol–water partition coefficient (Wildman–Crippen LogP) is 2.77. The molecule has 1 aromatic carbocycles. The molecule has 32 heavy (non-hydrogen) atoms. The average molecular weight is 431 g/mol. The Labute approximate surface area is 183 Å². The van der Waals surface area contributed by atoms with E-state index in [1.165, 1.54) is 12.5 Å². The lowest BCUT2D eigenvalue weighted by molar-refractivity contribution is 0.102. The summed E-state index contributed by atoms with van der Waals surface area (Å²) in [6, 6.07) is 7.89. The van der Waals surface area contributed by atoms with Crippen molar-refractivity contribution < 1.29 is 9.18 Å². The fraction of sp³-hybridized carbons (Fsp3) is 0.304. The molecule has 2 saturated heterocycles. The zero-order valence-corrected chi connectivity index (χ0v) is 17.7. The Morgan fingerprint density at radius 1 is 1.25 bits per heavy atom. The standard InChI is InChI=1S/C23H22FN7O/c1-12-9-30-11-14(8-17(24)22(30)27-12)28-23(32)16-3-4-18(15-5-6-26-29-21(15)16)31-10-13-7-19(31)20(13)25-2/h3-6,8-9,11,13,19-20,25H,7,10H2,1-2H3,(H,28,32)/t13-,19-,20?/m1/s1. The highest BCUT2D eigenvalue weighted by molar-refractivity contribution is 6.13. The molecule has 9 heteroatoms. The second-order valence-electron chi connectivity index (χ2n) is 8.60. The summed E-state index contributed by atoms with van der Waals surface area (Å²) in [5.41, 5.74) is 3.27. The van der Waals surface area contributed by atoms with Gasteiger partial charge in [0.1, 0.15) is 5.52 Å². The summed E-state index contributed by atoms with van der Waals surface area (Å²) in [7, 11) is 2.01. The fourth-order valence-corrected chi connectivity index (χ4v) is 5.27. The first-order chi connectivity index (χ1) is 15.5. The number of hydrogen-bond donors (Lipinski definition) is 2. The molecule has 2 N–H and O–H groups in total. The van der Waals surface area contributed by atoms with Crippen LogP contribution in [-0.2, 0) is 0 Å². The number of benzene rings is 1. The molecular formula is C23H22FN7O. The van der Waals surface area contributed by atoms with E-state index in [0.29, 0.717) is 40.5 Å². The van der Waals surface area contributed by atoms with Crippen molar-refractivity contribution in [3.05, 3.63) is 59.9 Å². The summed E-state index contributed by atoms with van der Waals surface area (Å²) in [5.74, 6) is -0.214. The Kier molecular flexibility index (Phi) is 4.16. The van der Waals surface area contributed by atoms with Crippen molar-refractivity contribution in [3.63, 3.8) is 0 Å². The lowest BCUT2D eigenvalue weighted by atomic mass is 9.80. The van der Waals surface area contributed by atoms with Gasteiger partial charge in [0.2, 0.25) is 0 Å².